The number of nitrogens with zero attached hydrogens (tertiary/aromatic N) is 6. The van der Waals surface area contributed by atoms with Crippen molar-refractivity contribution in [1.82, 2.24) is 29.1 Å². The summed E-state index contributed by atoms with van der Waals surface area (Å²) < 4.78 is 65.8. The number of hydrogen-bond donors (Lipinski definition) is 1. The third-order valence-electron chi connectivity index (χ3n) is 5.17. The average molecular weight is 520 g/mol. The SMILES string of the molecule is [2H]c1c(F)c(F)c([2H])c(Cn2c(Nc3cc4cn(C)nc4cc3Cl)nc(=O)n(Cc3ccon3)c2=O)c1F. The van der Waals surface area contributed by atoms with Crippen molar-refractivity contribution in [3.8, 4) is 0 Å². The van der Waals surface area contributed by atoms with Crippen molar-refractivity contribution >= 4 is 34.1 Å². The molecule has 36 heavy (non-hydrogen) atoms. The lowest BCUT2D eigenvalue weighted by Gasteiger charge is -2.16. The van der Waals surface area contributed by atoms with Gasteiger partial charge in [-0.3, -0.25) is 9.25 Å². The summed E-state index contributed by atoms with van der Waals surface area (Å²) in [5.74, 6) is -5.58. The molecule has 3 heterocycles. The van der Waals surface area contributed by atoms with Gasteiger partial charge in [-0.25, -0.2) is 27.3 Å². The van der Waals surface area contributed by atoms with Crippen LogP contribution in [0.3, 0.4) is 0 Å². The van der Waals surface area contributed by atoms with E-state index in [1.807, 2.05) is 0 Å². The lowest BCUT2D eigenvalue weighted by molar-refractivity contribution is 0.407. The van der Waals surface area contributed by atoms with Gasteiger partial charge in [0.1, 0.15) is 17.8 Å². The van der Waals surface area contributed by atoms with Crippen molar-refractivity contribution in [1.29, 1.82) is 0 Å². The Balaban J connectivity index is 1.69. The van der Waals surface area contributed by atoms with Gasteiger partial charge in [0.25, 0.3) is 0 Å². The third-order valence-corrected chi connectivity index (χ3v) is 5.48. The highest BCUT2D eigenvalue weighted by atomic mass is 35.5. The molecular weight excluding hydrogens is 503 g/mol. The molecule has 0 unspecified atom stereocenters. The maximum atomic E-state index is 14.8. The molecule has 1 N–H and O–H groups in total. The number of rotatable bonds is 6. The van der Waals surface area contributed by atoms with E-state index in [1.54, 1.807) is 24.0 Å². The number of fused-ring (bicyclic) bond motifs is 1. The Bertz CT molecular complexity index is 1810. The molecule has 0 aliphatic heterocycles. The predicted molar refractivity (Wildman–Crippen MR) is 123 cm³/mol. The van der Waals surface area contributed by atoms with Gasteiger partial charge in [0.2, 0.25) is 5.95 Å². The number of halogens is 4. The van der Waals surface area contributed by atoms with Crippen LogP contribution in [0, 0.1) is 17.5 Å². The first-order valence-electron chi connectivity index (χ1n) is 11.2. The quantitative estimate of drug-likeness (QED) is 0.343. The second kappa shape index (κ2) is 9.00. The molecule has 0 aliphatic rings. The van der Waals surface area contributed by atoms with E-state index in [0.717, 1.165) is 4.57 Å². The van der Waals surface area contributed by atoms with Gasteiger partial charge in [0.05, 0.1) is 32.1 Å². The summed E-state index contributed by atoms with van der Waals surface area (Å²) in [6.45, 7) is -1.25. The molecule has 10 nitrogen and oxygen atoms in total. The standard InChI is InChI=1S/C22H15ClF3N7O3/c1-31-8-12-5-19(14(23)6-18(12)29-31)27-20-28-21(34)33(10-13-2-3-36-30-13)22(35)32(20)9-11-4-16(25)17(26)7-15(11)24/h2-8H,9-10H2,1H3,(H,27,28,34)/i4D,7D. The summed E-state index contributed by atoms with van der Waals surface area (Å²) in [5, 5.41) is 11.4. The van der Waals surface area contributed by atoms with Gasteiger partial charge in [0.15, 0.2) is 11.6 Å². The fraction of sp³-hybridized carbons (Fsp3) is 0.136. The predicted octanol–water partition coefficient (Wildman–Crippen LogP) is 3.19. The largest absolute Gasteiger partial charge is 0.364 e. The van der Waals surface area contributed by atoms with Crippen LogP contribution in [0.2, 0.25) is 5.02 Å². The third kappa shape index (κ3) is 4.35. The van der Waals surface area contributed by atoms with E-state index >= 15 is 0 Å². The Morgan fingerprint density at radius 1 is 1.11 bits per heavy atom. The molecule has 0 saturated carbocycles. The molecule has 0 bridgehead atoms. The van der Waals surface area contributed by atoms with Crippen LogP contribution in [0.15, 0.2) is 56.9 Å². The second-order valence-electron chi connectivity index (χ2n) is 7.65. The lowest BCUT2D eigenvalue weighted by Crippen LogP contribution is -2.43. The van der Waals surface area contributed by atoms with Crippen LogP contribution < -0.4 is 16.7 Å². The van der Waals surface area contributed by atoms with Crippen LogP contribution in [-0.2, 0) is 20.1 Å². The highest BCUT2D eigenvalue weighted by Gasteiger charge is 2.19. The molecule has 5 rings (SSSR count). The minimum atomic E-state index is -1.84. The molecule has 0 amide bonds. The zero-order chi connectivity index (χ0) is 27.3. The van der Waals surface area contributed by atoms with Crippen LogP contribution in [-0.4, -0.2) is 29.1 Å². The summed E-state index contributed by atoms with van der Waals surface area (Å²) in [6, 6.07) is 1.88. The van der Waals surface area contributed by atoms with Crippen molar-refractivity contribution < 1.29 is 20.4 Å². The zero-order valence-corrected chi connectivity index (χ0v) is 19.0. The van der Waals surface area contributed by atoms with Crippen LogP contribution in [0.4, 0.5) is 24.8 Å². The summed E-state index contributed by atoms with van der Waals surface area (Å²) in [6.07, 6.45) is 2.91. The van der Waals surface area contributed by atoms with Crippen molar-refractivity contribution in [3.05, 3.63) is 97.4 Å². The Hall–Kier alpha value is -4.39. The normalized spacial score (nSPS) is 12.1. The van der Waals surface area contributed by atoms with Crippen molar-refractivity contribution in [2.45, 2.75) is 13.1 Å². The molecule has 184 valence electrons. The Morgan fingerprint density at radius 2 is 1.89 bits per heavy atom. The highest BCUT2D eigenvalue weighted by Crippen LogP contribution is 2.29. The Labute approximate surface area is 207 Å². The smallest absolute Gasteiger partial charge is 0.355 e. The number of benzene rings is 2. The number of aromatic nitrogens is 6. The van der Waals surface area contributed by atoms with Gasteiger partial charge in [-0.2, -0.15) is 10.1 Å². The van der Waals surface area contributed by atoms with E-state index in [-0.39, 0.29) is 22.9 Å². The van der Waals surface area contributed by atoms with Crippen molar-refractivity contribution in [3.63, 3.8) is 0 Å². The molecular formula is C22H15ClF3N7O3. The molecule has 0 fully saturated rings. The highest BCUT2D eigenvalue weighted by molar-refractivity contribution is 6.34. The Morgan fingerprint density at radius 3 is 2.64 bits per heavy atom. The number of aryl methyl sites for hydroxylation is 1. The minimum absolute atomic E-state index is 0.136. The van der Waals surface area contributed by atoms with Gasteiger partial charge >= 0.3 is 11.4 Å². The monoisotopic (exact) mass is 519 g/mol. The molecule has 14 heteroatoms. The summed E-state index contributed by atoms with van der Waals surface area (Å²) in [7, 11) is 1.70. The molecule has 2 aromatic carbocycles. The van der Waals surface area contributed by atoms with Crippen LogP contribution >= 0.6 is 11.6 Å². The number of hydrogen-bond acceptors (Lipinski definition) is 7. The van der Waals surface area contributed by atoms with Crippen LogP contribution in [0.25, 0.3) is 10.9 Å². The molecule has 3 aromatic heterocycles. The van der Waals surface area contributed by atoms with Gasteiger partial charge in [-0.05, 0) is 18.2 Å². The second-order valence-corrected chi connectivity index (χ2v) is 8.06. The molecule has 0 aliphatic carbocycles. The molecule has 0 spiro atoms. The van der Waals surface area contributed by atoms with E-state index in [4.69, 9.17) is 18.9 Å². The van der Waals surface area contributed by atoms with Crippen molar-refractivity contribution in [2.75, 3.05) is 5.32 Å². The lowest BCUT2D eigenvalue weighted by atomic mass is 10.2. The number of anilines is 2. The van der Waals surface area contributed by atoms with E-state index < -0.39 is 59.0 Å². The van der Waals surface area contributed by atoms with Gasteiger partial charge in [-0.15, -0.1) is 0 Å². The topological polar surface area (TPSA) is 113 Å². The first-order chi connectivity index (χ1) is 18.0. The molecule has 5 aromatic rings. The van der Waals surface area contributed by atoms with E-state index in [1.165, 1.54) is 18.4 Å². The van der Waals surface area contributed by atoms with Crippen LogP contribution in [0.1, 0.15) is 14.0 Å². The molecule has 0 radical (unpaired) electrons. The van der Waals surface area contributed by atoms with E-state index in [0.29, 0.717) is 15.5 Å². The molecule has 0 atom stereocenters. The summed E-state index contributed by atoms with van der Waals surface area (Å²) in [4.78, 5) is 30.1. The average Bonchev–Trinajstić information content (AvgIpc) is 3.52. The number of nitrogens with one attached hydrogen (secondary N) is 1. The van der Waals surface area contributed by atoms with Gasteiger partial charge in [-0.1, -0.05) is 16.8 Å². The fourth-order valence-corrected chi connectivity index (χ4v) is 3.71. The maximum Gasteiger partial charge on any atom is 0.355 e. The van der Waals surface area contributed by atoms with Crippen LogP contribution in [0.5, 0.6) is 0 Å². The fourth-order valence-electron chi connectivity index (χ4n) is 3.51. The van der Waals surface area contributed by atoms with E-state index in [2.05, 4.69) is 20.6 Å². The van der Waals surface area contributed by atoms with E-state index in [9.17, 15) is 22.8 Å². The molecule has 0 saturated heterocycles. The Kier molecular flexibility index (Phi) is 5.23. The zero-order valence-electron chi connectivity index (χ0n) is 20.2. The first kappa shape index (κ1) is 20.9. The minimum Gasteiger partial charge on any atom is -0.364 e. The van der Waals surface area contributed by atoms with Gasteiger partial charge < -0.3 is 9.84 Å². The van der Waals surface area contributed by atoms with Crippen molar-refractivity contribution in [2.24, 2.45) is 7.05 Å². The first-order valence-corrected chi connectivity index (χ1v) is 10.6. The van der Waals surface area contributed by atoms with Gasteiger partial charge in [0, 0.05) is 36.3 Å². The summed E-state index contributed by atoms with van der Waals surface area (Å²) >= 11 is 6.36. The summed E-state index contributed by atoms with van der Waals surface area (Å²) in [5.41, 5.74) is -1.93. The maximum absolute atomic E-state index is 14.8.